The molecule has 3 amide bonds. The molecule has 2 aromatic rings. The number of amides is 3. The van der Waals surface area contributed by atoms with E-state index < -0.39 is 17.7 Å². The average Bonchev–Trinajstić information content (AvgIpc) is 2.49. The Morgan fingerprint density at radius 1 is 1.04 bits per heavy atom. The summed E-state index contributed by atoms with van der Waals surface area (Å²) in [7, 11) is 0. The first-order chi connectivity index (χ1) is 10.9. The summed E-state index contributed by atoms with van der Waals surface area (Å²) in [4.78, 5) is 37.0. The van der Waals surface area contributed by atoms with Crippen LogP contribution in [0.1, 0.15) is 12.5 Å². The van der Waals surface area contributed by atoms with Gasteiger partial charge in [-0.25, -0.2) is 4.90 Å². The summed E-state index contributed by atoms with van der Waals surface area (Å²) in [6, 6.07) is 13.1. The number of nitrogen functional groups attached to an aromatic ring is 1. The number of carbonyl (C=O) groups excluding carboxylic acids is 3. The maximum Gasteiger partial charge on any atom is 0.323 e. The van der Waals surface area contributed by atoms with Gasteiger partial charge in [0.2, 0.25) is 5.91 Å². The van der Waals surface area contributed by atoms with E-state index >= 15 is 0 Å². The van der Waals surface area contributed by atoms with E-state index in [-0.39, 0.29) is 5.69 Å². The average molecular weight is 311 g/mol. The highest BCUT2D eigenvalue weighted by molar-refractivity contribution is 6.48. The first-order valence-electron chi connectivity index (χ1n) is 6.96. The molecule has 0 aromatic heterocycles. The minimum Gasteiger partial charge on any atom is -0.399 e. The monoisotopic (exact) mass is 311 g/mol. The zero-order valence-corrected chi connectivity index (χ0v) is 12.9. The Morgan fingerprint density at radius 2 is 1.70 bits per heavy atom. The molecular weight excluding hydrogens is 294 g/mol. The molecule has 6 heteroatoms. The summed E-state index contributed by atoms with van der Waals surface area (Å²) in [5.74, 6) is -2.40. The third-order valence-electron chi connectivity index (χ3n) is 3.14. The summed E-state index contributed by atoms with van der Waals surface area (Å²) in [5, 5.41) is 2.49. The summed E-state index contributed by atoms with van der Waals surface area (Å²) in [6.07, 6.45) is 0. The molecule has 2 rings (SSSR count). The van der Waals surface area contributed by atoms with Gasteiger partial charge in [0.1, 0.15) is 0 Å². The number of hydrogen-bond donors (Lipinski definition) is 2. The van der Waals surface area contributed by atoms with E-state index in [1.807, 2.05) is 13.0 Å². The molecule has 3 N–H and O–H groups in total. The lowest BCUT2D eigenvalue weighted by Gasteiger charge is -2.18. The second-order valence-corrected chi connectivity index (χ2v) is 5.07. The van der Waals surface area contributed by atoms with Crippen LogP contribution in [0.3, 0.4) is 0 Å². The van der Waals surface area contributed by atoms with Gasteiger partial charge in [-0.05, 0) is 48.9 Å². The molecule has 0 aliphatic carbocycles. The molecule has 23 heavy (non-hydrogen) atoms. The second kappa shape index (κ2) is 6.74. The van der Waals surface area contributed by atoms with Crippen LogP contribution in [0.4, 0.5) is 17.1 Å². The molecule has 118 valence electrons. The molecule has 0 saturated heterocycles. The lowest BCUT2D eigenvalue weighted by atomic mass is 10.2. The molecule has 0 radical (unpaired) electrons. The fourth-order valence-corrected chi connectivity index (χ4v) is 2.07. The van der Waals surface area contributed by atoms with Gasteiger partial charge in [-0.3, -0.25) is 14.4 Å². The van der Waals surface area contributed by atoms with Crippen molar-refractivity contribution >= 4 is 34.8 Å². The molecule has 2 aromatic carbocycles. The molecule has 0 spiro atoms. The van der Waals surface area contributed by atoms with Crippen molar-refractivity contribution in [3.05, 3.63) is 54.1 Å². The van der Waals surface area contributed by atoms with Crippen molar-refractivity contribution in [3.63, 3.8) is 0 Å². The summed E-state index contributed by atoms with van der Waals surface area (Å²) >= 11 is 0. The number of benzene rings is 2. The van der Waals surface area contributed by atoms with E-state index in [0.29, 0.717) is 11.4 Å². The Kier molecular flexibility index (Phi) is 4.75. The SMILES string of the molecule is CC(=O)N(C(=O)C(=O)Nc1cccc(C)c1)c1ccc(N)cc1. The molecule has 0 saturated carbocycles. The van der Waals surface area contributed by atoms with Crippen molar-refractivity contribution in [3.8, 4) is 0 Å². The highest BCUT2D eigenvalue weighted by Gasteiger charge is 2.26. The van der Waals surface area contributed by atoms with Gasteiger partial charge in [-0.15, -0.1) is 0 Å². The Balaban J connectivity index is 2.22. The van der Waals surface area contributed by atoms with E-state index in [1.165, 1.54) is 19.1 Å². The van der Waals surface area contributed by atoms with Crippen LogP contribution in [0.2, 0.25) is 0 Å². The zero-order valence-electron chi connectivity index (χ0n) is 12.9. The van der Waals surface area contributed by atoms with Crippen LogP contribution >= 0.6 is 0 Å². The number of carbonyl (C=O) groups is 3. The molecule has 0 fully saturated rings. The lowest BCUT2D eigenvalue weighted by molar-refractivity contribution is -0.136. The van der Waals surface area contributed by atoms with Crippen LogP contribution in [0.25, 0.3) is 0 Å². The molecule has 0 aliphatic heterocycles. The van der Waals surface area contributed by atoms with Gasteiger partial charge in [-0.1, -0.05) is 12.1 Å². The van der Waals surface area contributed by atoms with Crippen molar-refractivity contribution in [1.29, 1.82) is 0 Å². The maximum absolute atomic E-state index is 12.3. The van der Waals surface area contributed by atoms with Gasteiger partial charge in [0.25, 0.3) is 0 Å². The predicted molar refractivity (Wildman–Crippen MR) is 88.8 cm³/mol. The molecule has 0 atom stereocenters. The van der Waals surface area contributed by atoms with Gasteiger partial charge < -0.3 is 11.1 Å². The van der Waals surface area contributed by atoms with Crippen molar-refractivity contribution in [1.82, 2.24) is 0 Å². The molecule has 0 bridgehead atoms. The second-order valence-electron chi connectivity index (χ2n) is 5.07. The quantitative estimate of drug-likeness (QED) is 0.656. The fraction of sp³-hybridized carbons (Fsp3) is 0.118. The van der Waals surface area contributed by atoms with Crippen molar-refractivity contribution in [2.45, 2.75) is 13.8 Å². The topological polar surface area (TPSA) is 92.5 Å². The van der Waals surface area contributed by atoms with Crippen LogP contribution in [0.5, 0.6) is 0 Å². The van der Waals surface area contributed by atoms with E-state index in [4.69, 9.17) is 5.73 Å². The molecule has 0 unspecified atom stereocenters. The summed E-state index contributed by atoms with van der Waals surface area (Å²) in [6.45, 7) is 3.09. The van der Waals surface area contributed by atoms with Gasteiger partial charge in [0, 0.05) is 18.3 Å². The summed E-state index contributed by atoms with van der Waals surface area (Å²) < 4.78 is 0. The number of nitrogens with zero attached hydrogens (tertiary/aromatic N) is 1. The van der Waals surface area contributed by atoms with Crippen molar-refractivity contribution in [2.75, 3.05) is 16.0 Å². The van der Waals surface area contributed by atoms with Gasteiger partial charge >= 0.3 is 11.8 Å². The minimum absolute atomic E-state index is 0.288. The van der Waals surface area contributed by atoms with E-state index in [1.54, 1.807) is 30.3 Å². The van der Waals surface area contributed by atoms with Crippen LogP contribution in [0, 0.1) is 6.92 Å². The molecule has 6 nitrogen and oxygen atoms in total. The number of hydrogen-bond acceptors (Lipinski definition) is 4. The standard InChI is InChI=1S/C17H17N3O3/c1-11-4-3-5-14(10-11)19-16(22)17(23)20(12(2)21)15-8-6-13(18)7-9-15/h3-10H,18H2,1-2H3,(H,19,22). The normalized spacial score (nSPS) is 10.0. The van der Waals surface area contributed by atoms with Crippen LogP contribution in [0.15, 0.2) is 48.5 Å². The largest absolute Gasteiger partial charge is 0.399 e. The number of imide groups is 1. The van der Waals surface area contributed by atoms with Gasteiger partial charge in [0.15, 0.2) is 0 Å². The minimum atomic E-state index is -0.955. The smallest absolute Gasteiger partial charge is 0.323 e. The summed E-state index contributed by atoms with van der Waals surface area (Å²) in [5.41, 5.74) is 7.80. The Bertz CT molecular complexity index is 754. The Morgan fingerprint density at radius 3 is 2.26 bits per heavy atom. The highest BCUT2D eigenvalue weighted by Crippen LogP contribution is 2.18. The van der Waals surface area contributed by atoms with Crippen LogP contribution in [-0.2, 0) is 14.4 Å². The lowest BCUT2D eigenvalue weighted by Crippen LogP contribution is -2.42. The van der Waals surface area contributed by atoms with E-state index in [0.717, 1.165) is 10.5 Å². The first kappa shape index (κ1) is 16.2. The molecular formula is C17H17N3O3. The van der Waals surface area contributed by atoms with E-state index in [9.17, 15) is 14.4 Å². The van der Waals surface area contributed by atoms with Crippen molar-refractivity contribution < 1.29 is 14.4 Å². The maximum atomic E-state index is 12.3. The molecule has 0 heterocycles. The number of nitrogens with one attached hydrogen (secondary N) is 1. The molecule has 0 aliphatic rings. The number of rotatable bonds is 2. The van der Waals surface area contributed by atoms with E-state index in [2.05, 4.69) is 5.32 Å². The predicted octanol–water partition coefficient (Wildman–Crippen LogP) is 2.10. The van der Waals surface area contributed by atoms with Crippen molar-refractivity contribution in [2.24, 2.45) is 0 Å². The third kappa shape index (κ3) is 3.94. The number of nitrogens with two attached hydrogens (primary N) is 1. The zero-order chi connectivity index (χ0) is 17.0. The number of anilines is 3. The first-order valence-corrected chi connectivity index (χ1v) is 6.96. The number of aryl methyl sites for hydroxylation is 1. The van der Waals surface area contributed by atoms with Gasteiger partial charge in [0.05, 0.1) is 5.69 Å². The third-order valence-corrected chi connectivity index (χ3v) is 3.14. The Labute approximate surface area is 133 Å². The van der Waals surface area contributed by atoms with Crippen LogP contribution < -0.4 is 16.0 Å². The van der Waals surface area contributed by atoms with Crippen LogP contribution in [-0.4, -0.2) is 17.7 Å². The van der Waals surface area contributed by atoms with Gasteiger partial charge in [-0.2, -0.15) is 0 Å². The fourth-order valence-electron chi connectivity index (χ4n) is 2.07. The Hall–Kier alpha value is -3.15. The highest BCUT2D eigenvalue weighted by atomic mass is 16.2.